The van der Waals surface area contributed by atoms with Crippen LogP contribution in [0.1, 0.15) is 24.8 Å². The Hall–Kier alpha value is -2.15. The van der Waals surface area contributed by atoms with E-state index in [1.165, 1.54) is 44.5 Å². The van der Waals surface area contributed by atoms with Gasteiger partial charge in [0.1, 0.15) is 5.82 Å². The van der Waals surface area contributed by atoms with Crippen molar-refractivity contribution >= 4 is 11.9 Å². The number of guanidine groups is 1. The SMILES string of the molecule is CN=C(NCCNC(=O)Cc1cccc(F)c1)NCCN1CCCCC1. The number of hydrogen-bond acceptors (Lipinski definition) is 3. The Balaban J connectivity index is 1.56. The summed E-state index contributed by atoms with van der Waals surface area (Å²) in [6.45, 7) is 5.31. The Morgan fingerprint density at radius 3 is 2.58 bits per heavy atom. The third-order valence-electron chi connectivity index (χ3n) is 4.39. The topological polar surface area (TPSA) is 68.8 Å². The quantitative estimate of drug-likeness (QED) is 0.368. The molecule has 0 bridgehead atoms. The predicted molar refractivity (Wildman–Crippen MR) is 103 cm³/mol. The first-order chi connectivity index (χ1) is 12.7. The molecule has 1 aliphatic rings. The second kappa shape index (κ2) is 11.5. The molecule has 0 aliphatic carbocycles. The minimum Gasteiger partial charge on any atom is -0.355 e. The van der Waals surface area contributed by atoms with Crippen molar-refractivity contribution in [2.24, 2.45) is 4.99 Å². The van der Waals surface area contributed by atoms with Crippen LogP contribution >= 0.6 is 0 Å². The minimum absolute atomic E-state index is 0.120. The van der Waals surface area contributed by atoms with E-state index in [1.807, 2.05) is 0 Å². The van der Waals surface area contributed by atoms with Gasteiger partial charge in [-0.3, -0.25) is 9.79 Å². The van der Waals surface area contributed by atoms with Crippen LogP contribution in [0.5, 0.6) is 0 Å². The monoisotopic (exact) mass is 363 g/mol. The van der Waals surface area contributed by atoms with Crippen molar-refractivity contribution in [3.8, 4) is 0 Å². The van der Waals surface area contributed by atoms with Crippen molar-refractivity contribution < 1.29 is 9.18 Å². The van der Waals surface area contributed by atoms with Crippen LogP contribution in [-0.4, -0.2) is 63.1 Å². The van der Waals surface area contributed by atoms with Crippen molar-refractivity contribution in [2.75, 3.05) is 46.3 Å². The molecule has 1 aliphatic heterocycles. The van der Waals surface area contributed by atoms with Crippen molar-refractivity contribution in [1.29, 1.82) is 0 Å². The number of benzene rings is 1. The van der Waals surface area contributed by atoms with Gasteiger partial charge < -0.3 is 20.9 Å². The minimum atomic E-state index is -0.323. The number of halogens is 1. The van der Waals surface area contributed by atoms with Crippen LogP contribution in [0.25, 0.3) is 0 Å². The van der Waals surface area contributed by atoms with Gasteiger partial charge in [-0.1, -0.05) is 18.6 Å². The summed E-state index contributed by atoms with van der Waals surface area (Å²) < 4.78 is 13.1. The molecule has 0 spiro atoms. The average Bonchev–Trinajstić information content (AvgIpc) is 2.64. The molecule has 0 radical (unpaired) electrons. The molecule has 1 fully saturated rings. The molecule has 7 heteroatoms. The van der Waals surface area contributed by atoms with Gasteiger partial charge in [0, 0.05) is 33.2 Å². The van der Waals surface area contributed by atoms with E-state index in [0.717, 1.165) is 19.0 Å². The molecule has 1 aromatic rings. The lowest BCUT2D eigenvalue weighted by molar-refractivity contribution is -0.120. The summed E-state index contributed by atoms with van der Waals surface area (Å²) in [7, 11) is 1.73. The summed E-state index contributed by atoms with van der Waals surface area (Å²) in [5.41, 5.74) is 0.672. The average molecular weight is 363 g/mol. The van der Waals surface area contributed by atoms with Gasteiger partial charge in [0.15, 0.2) is 5.96 Å². The van der Waals surface area contributed by atoms with Crippen LogP contribution in [0.2, 0.25) is 0 Å². The third-order valence-corrected chi connectivity index (χ3v) is 4.39. The zero-order valence-corrected chi connectivity index (χ0v) is 15.6. The van der Waals surface area contributed by atoms with Crippen molar-refractivity contribution in [1.82, 2.24) is 20.9 Å². The maximum atomic E-state index is 13.1. The molecular formula is C19H30FN5O. The Labute approximate surface area is 155 Å². The molecule has 6 nitrogen and oxygen atoms in total. The molecular weight excluding hydrogens is 333 g/mol. The summed E-state index contributed by atoms with van der Waals surface area (Å²) in [5, 5.41) is 9.30. The Morgan fingerprint density at radius 2 is 1.85 bits per heavy atom. The number of nitrogens with zero attached hydrogens (tertiary/aromatic N) is 2. The number of nitrogens with one attached hydrogen (secondary N) is 3. The molecule has 1 amide bonds. The van der Waals surface area contributed by atoms with Gasteiger partial charge in [0.25, 0.3) is 0 Å². The fourth-order valence-electron chi connectivity index (χ4n) is 3.01. The number of aliphatic imine (C=N–C) groups is 1. The second-order valence-electron chi connectivity index (χ2n) is 6.48. The summed E-state index contributed by atoms with van der Waals surface area (Å²) in [5.74, 6) is 0.295. The van der Waals surface area contributed by atoms with E-state index in [-0.39, 0.29) is 18.1 Å². The molecule has 144 valence electrons. The van der Waals surface area contributed by atoms with E-state index < -0.39 is 0 Å². The zero-order valence-electron chi connectivity index (χ0n) is 15.6. The molecule has 1 aromatic carbocycles. The maximum absolute atomic E-state index is 13.1. The second-order valence-corrected chi connectivity index (χ2v) is 6.48. The number of carbonyl (C=O) groups is 1. The number of rotatable bonds is 8. The van der Waals surface area contributed by atoms with Crippen LogP contribution < -0.4 is 16.0 Å². The Morgan fingerprint density at radius 1 is 1.12 bits per heavy atom. The fraction of sp³-hybridized carbons (Fsp3) is 0.579. The van der Waals surface area contributed by atoms with Gasteiger partial charge in [-0.05, 0) is 43.6 Å². The molecule has 0 aromatic heterocycles. The van der Waals surface area contributed by atoms with E-state index >= 15 is 0 Å². The highest BCUT2D eigenvalue weighted by Crippen LogP contribution is 2.07. The van der Waals surface area contributed by atoms with Crippen LogP contribution in [0.3, 0.4) is 0 Å². The lowest BCUT2D eigenvalue weighted by Gasteiger charge is -2.26. The number of amides is 1. The van der Waals surface area contributed by atoms with E-state index in [2.05, 4.69) is 25.8 Å². The van der Waals surface area contributed by atoms with Gasteiger partial charge in [0.2, 0.25) is 5.91 Å². The van der Waals surface area contributed by atoms with Gasteiger partial charge in [-0.15, -0.1) is 0 Å². The Kier molecular flexibility index (Phi) is 8.89. The third kappa shape index (κ3) is 7.82. The molecule has 26 heavy (non-hydrogen) atoms. The maximum Gasteiger partial charge on any atom is 0.224 e. The number of hydrogen-bond donors (Lipinski definition) is 3. The number of likely N-dealkylation sites (tertiary alicyclic amines) is 1. The summed E-state index contributed by atoms with van der Waals surface area (Å²) in [6.07, 6.45) is 4.11. The first-order valence-corrected chi connectivity index (χ1v) is 9.35. The number of piperidine rings is 1. The van der Waals surface area contributed by atoms with Gasteiger partial charge in [-0.2, -0.15) is 0 Å². The van der Waals surface area contributed by atoms with Gasteiger partial charge in [-0.25, -0.2) is 4.39 Å². The normalized spacial score (nSPS) is 15.5. The molecule has 0 saturated carbocycles. The van der Waals surface area contributed by atoms with Crippen LogP contribution in [0.15, 0.2) is 29.3 Å². The summed E-state index contributed by atoms with van der Waals surface area (Å²) in [6, 6.07) is 6.11. The highest BCUT2D eigenvalue weighted by Gasteiger charge is 2.09. The fourth-order valence-corrected chi connectivity index (χ4v) is 3.01. The lowest BCUT2D eigenvalue weighted by atomic mass is 10.1. The van der Waals surface area contributed by atoms with Crippen LogP contribution in [0.4, 0.5) is 4.39 Å². The predicted octanol–water partition coefficient (Wildman–Crippen LogP) is 1.14. The zero-order chi connectivity index (χ0) is 18.6. The largest absolute Gasteiger partial charge is 0.355 e. The molecule has 0 atom stereocenters. The lowest BCUT2D eigenvalue weighted by Crippen LogP contribution is -2.44. The molecule has 3 N–H and O–H groups in total. The van der Waals surface area contributed by atoms with E-state index in [1.54, 1.807) is 19.2 Å². The molecule has 2 rings (SSSR count). The van der Waals surface area contributed by atoms with Crippen molar-refractivity contribution in [2.45, 2.75) is 25.7 Å². The Bertz CT molecular complexity index is 587. The number of carbonyl (C=O) groups excluding carboxylic acids is 1. The van der Waals surface area contributed by atoms with Gasteiger partial charge >= 0.3 is 0 Å². The summed E-state index contributed by atoms with van der Waals surface area (Å²) >= 11 is 0. The standard InChI is InChI=1S/C19H30FN5O/c1-21-19(24-10-13-25-11-3-2-4-12-25)23-9-8-22-18(26)15-16-6-5-7-17(20)14-16/h5-7,14H,2-4,8-13,15H2,1H3,(H,22,26)(H2,21,23,24). The van der Waals surface area contributed by atoms with Crippen LogP contribution in [0, 0.1) is 5.82 Å². The van der Waals surface area contributed by atoms with Crippen molar-refractivity contribution in [3.05, 3.63) is 35.6 Å². The molecule has 1 heterocycles. The van der Waals surface area contributed by atoms with E-state index in [4.69, 9.17) is 0 Å². The van der Waals surface area contributed by atoms with Crippen LogP contribution in [-0.2, 0) is 11.2 Å². The smallest absolute Gasteiger partial charge is 0.224 e. The first kappa shape index (κ1) is 20.2. The molecule has 1 saturated heterocycles. The van der Waals surface area contributed by atoms with Crippen molar-refractivity contribution in [3.63, 3.8) is 0 Å². The highest BCUT2D eigenvalue weighted by atomic mass is 19.1. The van der Waals surface area contributed by atoms with E-state index in [0.29, 0.717) is 18.7 Å². The first-order valence-electron chi connectivity index (χ1n) is 9.35. The van der Waals surface area contributed by atoms with E-state index in [9.17, 15) is 9.18 Å². The summed E-state index contributed by atoms with van der Waals surface area (Å²) in [4.78, 5) is 18.5. The molecule has 0 unspecified atom stereocenters. The van der Waals surface area contributed by atoms with Gasteiger partial charge in [0.05, 0.1) is 6.42 Å². The highest BCUT2D eigenvalue weighted by molar-refractivity contribution is 5.80.